The van der Waals surface area contributed by atoms with Crippen LogP contribution in [-0.2, 0) is 35.7 Å². The Hall–Kier alpha value is 0.560. The van der Waals surface area contributed by atoms with E-state index >= 15 is 0 Å². The lowest BCUT2D eigenvalue weighted by atomic mass is 10.2. The number of phosphoric acid groups is 3. The van der Waals surface area contributed by atoms with Gasteiger partial charge in [-0.1, -0.05) is 13.8 Å². The topological polar surface area (TPSA) is 198 Å². The van der Waals surface area contributed by atoms with Crippen molar-refractivity contribution in [2.24, 2.45) is 5.92 Å². The third kappa shape index (κ3) is 13.4. The molecule has 0 amide bonds. The van der Waals surface area contributed by atoms with Gasteiger partial charge >= 0.3 is 31.2 Å². The summed E-state index contributed by atoms with van der Waals surface area (Å²) in [6.45, 7) is 7.20. The van der Waals surface area contributed by atoms with Crippen molar-refractivity contribution < 1.29 is 55.3 Å². The minimum atomic E-state index is -5.68. The molecule has 0 spiro atoms. The normalized spacial score (nSPS) is 22.6. The fraction of sp³-hybridized carbons (Fsp3) is 1.00. The Labute approximate surface area is 145 Å². The fourth-order valence-electron chi connectivity index (χ4n) is 1.12. The Kier molecular flexibility index (Phi) is 8.91. The Morgan fingerprint density at radius 2 is 1.24 bits per heavy atom. The maximum absolute atomic E-state index is 11.6. The second-order valence-corrected chi connectivity index (χ2v) is 12.4. The first-order chi connectivity index (χ1) is 10.7. The molecule has 0 aliphatic rings. The average Bonchev–Trinajstić information content (AvgIpc) is 2.16. The van der Waals surface area contributed by atoms with Crippen molar-refractivity contribution in [3.8, 4) is 0 Å². The van der Waals surface area contributed by atoms with Crippen molar-refractivity contribution in [3.05, 3.63) is 0 Å². The first-order valence-corrected chi connectivity index (χ1v) is 12.7. The number of hydrogen-bond acceptors (Lipinski definition) is 8. The van der Waals surface area contributed by atoms with Gasteiger partial charge in [0.15, 0.2) is 0 Å². The predicted octanol–water partition coefficient (Wildman–Crippen LogP) is 2.50. The van der Waals surface area contributed by atoms with Crippen LogP contribution in [-0.4, -0.2) is 31.7 Å². The van der Waals surface area contributed by atoms with E-state index in [2.05, 4.69) is 17.5 Å². The smallest absolute Gasteiger partial charge is 0.312 e. The van der Waals surface area contributed by atoms with Crippen molar-refractivity contribution >= 4 is 31.2 Å². The predicted molar refractivity (Wildman–Crippen MR) is 86.2 cm³/mol. The van der Waals surface area contributed by atoms with Crippen LogP contribution < -0.4 is 5.09 Å². The van der Waals surface area contributed by atoms with Gasteiger partial charge in [-0.05, 0) is 26.7 Å². The molecule has 0 aliphatic carbocycles. The molecule has 0 aliphatic heterocycles. The van der Waals surface area contributed by atoms with E-state index in [0.717, 1.165) is 0 Å². The minimum Gasteiger partial charge on any atom is -0.312 e. The maximum atomic E-state index is 11.6. The summed E-state index contributed by atoms with van der Waals surface area (Å²) in [5, 5.41) is 1.92. The Balaban J connectivity index is 5.02. The van der Waals surface area contributed by atoms with Crippen molar-refractivity contribution in [1.29, 1.82) is 0 Å². The van der Waals surface area contributed by atoms with Gasteiger partial charge in [0.1, 0.15) is 0 Å². The van der Waals surface area contributed by atoms with Gasteiger partial charge in [0.25, 0.3) is 0 Å². The summed E-state index contributed by atoms with van der Waals surface area (Å²) in [6, 6.07) is 0. The van der Waals surface area contributed by atoms with Gasteiger partial charge in [0.2, 0.25) is 0 Å². The molecule has 0 fully saturated rings. The van der Waals surface area contributed by atoms with Crippen LogP contribution in [0.5, 0.6) is 0 Å². The highest BCUT2D eigenvalue weighted by Crippen LogP contribution is 2.71. The standard InChI is InChI=1S/C8H23NO12P4/c1-7(2)6-9-22(10,11)19-24(14,15)21-25(16,17)20-23(12,13)18-8(3,4)5/h7H,6H2,1-5H3,(H,12,13)(H,14,15)(H,16,17)(H2,9,10,11). The molecule has 4 unspecified atom stereocenters. The van der Waals surface area contributed by atoms with Crippen molar-refractivity contribution in [1.82, 2.24) is 5.09 Å². The molecule has 0 bridgehead atoms. The summed E-state index contributed by atoms with van der Waals surface area (Å²) < 4.78 is 62.2. The molecule has 25 heavy (non-hydrogen) atoms. The molecule has 0 aromatic carbocycles. The Morgan fingerprint density at radius 1 is 0.840 bits per heavy atom. The third-order valence-electron chi connectivity index (χ3n) is 1.72. The number of hydrogen-bond donors (Lipinski definition) is 5. The first kappa shape index (κ1) is 25.6. The van der Waals surface area contributed by atoms with Gasteiger partial charge in [0.05, 0.1) is 5.60 Å². The summed E-state index contributed by atoms with van der Waals surface area (Å²) in [6.07, 6.45) is 0. The minimum absolute atomic E-state index is 0.0909. The summed E-state index contributed by atoms with van der Waals surface area (Å²) in [4.78, 5) is 37.3. The Morgan fingerprint density at radius 3 is 1.64 bits per heavy atom. The van der Waals surface area contributed by atoms with Crippen LogP contribution in [0.3, 0.4) is 0 Å². The van der Waals surface area contributed by atoms with E-state index in [-0.39, 0.29) is 12.5 Å². The van der Waals surface area contributed by atoms with Gasteiger partial charge in [-0.2, -0.15) is 12.9 Å². The van der Waals surface area contributed by atoms with Gasteiger partial charge in [-0.15, -0.1) is 0 Å². The molecule has 0 aromatic rings. The zero-order valence-electron chi connectivity index (χ0n) is 14.1. The van der Waals surface area contributed by atoms with E-state index in [0.29, 0.717) is 0 Å². The van der Waals surface area contributed by atoms with E-state index in [1.807, 2.05) is 5.09 Å². The van der Waals surface area contributed by atoms with E-state index in [4.69, 9.17) is 0 Å². The summed E-state index contributed by atoms with van der Waals surface area (Å²) >= 11 is 0. The van der Waals surface area contributed by atoms with Crippen LogP contribution in [0.2, 0.25) is 0 Å². The van der Waals surface area contributed by atoms with E-state index in [1.54, 1.807) is 13.8 Å². The van der Waals surface area contributed by atoms with Crippen molar-refractivity contribution in [3.63, 3.8) is 0 Å². The van der Waals surface area contributed by atoms with Crippen LogP contribution in [0, 0.1) is 5.92 Å². The van der Waals surface area contributed by atoms with Crippen LogP contribution in [0.4, 0.5) is 0 Å². The Bertz CT molecular complexity index is 642. The second-order valence-electron chi connectivity index (χ2n) is 6.13. The van der Waals surface area contributed by atoms with Gasteiger partial charge < -0.3 is 19.6 Å². The third-order valence-corrected chi connectivity index (χ3v) is 8.09. The zero-order valence-corrected chi connectivity index (χ0v) is 17.7. The van der Waals surface area contributed by atoms with E-state index < -0.39 is 36.8 Å². The molecule has 13 nitrogen and oxygen atoms in total. The fourth-order valence-corrected chi connectivity index (χ4v) is 6.75. The van der Waals surface area contributed by atoms with Gasteiger partial charge in [-0.25, -0.2) is 23.3 Å². The largest absolute Gasteiger partial charge is 0.490 e. The second kappa shape index (κ2) is 8.71. The highest BCUT2D eigenvalue weighted by atomic mass is 31.3. The molecule has 0 saturated carbocycles. The molecule has 0 saturated heterocycles. The lowest BCUT2D eigenvalue weighted by Gasteiger charge is -2.24. The highest BCUT2D eigenvalue weighted by molar-refractivity contribution is 7.70. The van der Waals surface area contributed by atoms with Crippen LogP contribution in [0.1, 0.15) is 34.6 Å². The van der Waals surface area contributed by atoms with Crippen LogP contribution in [0.15, 0.2) is 0 Å². The SMILES string of the molecule is CC(C)CNP(=O)(O)OP(=O)(O)OP(=O)(O)OP(=O)(O)OC(C)(C)C. The molecule has 0 rings (SSSR count). The molecule has 0 radical (unpaired) electrons. The molecule has 17 heteroatoms. The number of rotatable bonds is 10. The molecular formula is C8H23NO12P4. The van der Waals surface area contributed by atoms with Gasteiger partial charge in [0, 0.05) is 6.54 Å². The monoisotopic (exact) mass is 449 g/mol. The van der Waals surface area contributed by atoms with Crippen molar-refractivity contribution in [2.45, 2.75) is 40.2 Å². The van der Waals surface area contributed by atoms with Crippen LogP contribution >= 0.6 is 31.2 Å². The summed E-state index contributed by atoms with van der Waals surface area (Å²) in [7, 11) is -21.4. The van der Waals surface area contributed by atoms with E-state index in [9.17, 15) is 37.8 Å². The first-order valence-electron chi connectivity index (χ1n) is 6.65. The molecule has 5 N–H and O–H groups in total. The summed E-state index contributed by atoms with van der Waals surface area (Å²) in [5.41, 5.74) is -1.27. The maximum Gasteiger partial charge on any atom is 0.490 e. The molecule has 0 aromatic heterocycles. The zero-order chi connectivity index (χ0) is 20.3. The lowest BCUT2D eigenvalue weighted by molar-refractivity contribution is 0.0788. The quantitative estimate of drug-likeness (QED) is 0.305. The molecule has 0 heterocycles. The number of nitrogens with one attached hydrogen (secondary N) is 1. The lowest BCUT2D eigenvalue weighted by Crippen LogP contribution is -2.18. The van der Waals surface area contributed by atoms with Gasteiger partial charge in [-0.3, -0.25) is 4.52 Å². The number of phosphoric ester groups is 1. The van der Waals surface area contributed by atoms with Crippen molar-refractivity contribution in [2.75, 3.05) is 6.54 Å². The van der Waals surface area contributed by atoms with E-state index in [1.165, 1.54) is 20.8 Å². The van der Waals surface area contributed by atoms with Crippen LogP contribution in [0.25, 0.3) is 0 Å². The highest BCUT2D eigenvalue weighted by Gasteiger charge is 2.46. The average molecular weight is 449 g/mol. The molecular weight excluding hydrogens is 426 g/mol. The molecule has 4 atom stereocenters. The molecule has 152 valence electrons. The summed E-state index contributed by atoms with van der Waals surface area (Å²) in [5.74, 6) is -0.134.